The fourth-order valence-corrected chi connectivity index (χ4v) is 4.54. The Morgan fingerprint density at radius 1 is 0.793 bits per heavy atom. The number of Topliss-reactive ketones (excluding diaryl/α,β-unsaturated/α-hetero) is 2. The molecule has 3 aromatic rings. The van der Waals surface area contributed by atoms with Crippen LogP contribution in [0.2, 0.25) is 0 Å². The lowest BCUT2D eigenvalue weighted by molar-refractivity contribution is -0.112. The van der Waals surface area contributed by atoms with E-state index in [0.717, 1.165) is 16.2 Å². The van der Waals surface area contributed by atoms with Gasteiger partial charge < -0.3 is 9.84 Å². The largest absolute Gasteiger partial charge is 0.507 e. The molecule has 0 fully saturated rings. The zero-order valence-corrected chi connectivity index (χ0v) is 16.5. The van der Waals surface area contributed by atoms with Crippen LogP contribution in [0.4, 0.5) is 0 Å². The Morgan fingerprint density at radius 3 is 2.07 bits per heavy atom. The van der Waals surface area contributed by atoms with Crippen molar-refractivity contribution in [2.24, 2.45) is 0 Å². The van der Waals surface area contributed by atoms with Crippen molar-refractivity contribution in [2.75, 3.05) is 7.11 Å². The molecule has 0 heterocycles. The fourth-order valence-electron chi connectivity index (χ4n) is 3.34. The summed E-state index contributed by atoms with van der Waals surface area (Å²) in [4.78, 5) is 26.6. The van der Waals surface area contributed by atoms with Gasteiger partial charge in [-0.05, 0) is 29.8 Å². The second-order valence-corrected chi connectivity index (χ2v) is 7.73. The maximum atomic E-state index is 13.0. The maximum Gasteiger partial charge on any atom is 0.234 e. The number of benzene rings is 3. The molecule has 0 bridgehead atoms. The Bertz CT molecular complexity index is 1100. The molecule has 1 N–H and O–H groups in total. The SMILES string of the molecule is COc1ccc(SC(C2=C(O)c3ccccc3C(=O)C2=O)c2ccccc2)cc1. The lowest BCUT2D eigenvalue weighted by Gasteiger charge is -2.24. The van der Waals surface area contributed by atoms with Gasteiger partial charge in [0.1, 0.15) is 11.5 Å². The van der Waals surface area contributed by atoms with Crippen molar-refractivity contribution in [3.63, 3.8) is 0 Å². The van der Waals surface area contributed by atoms with E-state index in [0.29, 0.717) is 5.56 Å². The number of carbonyl (C=O) groups excluding carboxylic acids is 2. The lowest BCUT2D eigenvalue weighted by atomic mass is 9.85. The van der Waals surface area contributed by atoms with E-state index in [2.05, 4.69) is 0 Å². The van der Waals surface area contributed by atoms with Crippen LogP contribution in [0.1, 0.15) is 26.7 Å². The minimum atomic E-state index is -0.670. The quantitative estimate of drug-likeness (QED) is 0.466. The topological polar surface area (TPSA) is 63.6 Å². The number of aliphatic hydroxyl groups is 1. The van der Waals surface area contributed by atoms with Crippen LogP contribution in [0.3, 0.4) is 0 Å². The van der Waals surface area contributed by atoms with Crippen LogP contribution in [-0.2, 0) is 4.79 Å². The molecule has 0 amide bonds. The number of ether oxygens (including phenoxy) is 1. The number of hydrogen-bond acceptors (Lipinski definition) is 5. The molecule has 0 radical (unpaired) electrons. The van der Waals surface area contributed by atoms with Gasteiger partial charge >= 0.3 is 0 Å². The molecule has 0 spiro atoms. The van der Waals surface area contributed by atoms with Crippen LogP contribution in [0.25, 0.3) is 5.76 Å². The van der Waals surface area contributed by atoms with Crippen LogP contribution in [0.5, 0.6) is 5.75 Å². The van der Waals surface area contributed by atoms with Gasteiger partial charge in [0.2, 0.25) is 11.6 Å². The summed E-state index contributed by atoms with van der Waals surface area (Å²) in [6.07, 6.45) is 0. The molecular weight excluding hydrogens is 384 g/mol. The molecule has 0 aromatic heterocycles. The first-order valence-electron chi connectivity index (χ1n) is 9.07. The van der Waals surface area contributed by atoms with E-state index in [9.17, 15) is 14.7 Å². The van der Waals surface area contributed by atoms with Gasteiger partial charge in [-0.15, -0.1) is 11.8 Å². The molecular formula is C24H18O4S. The Labute approximate surface area is 172 Å². The van der Waals surface area contributed by atoms with E-state index < -0.39 is 16.8 Å². The molecule has 0 aliphatic heterocycles. The number of fused-ring (bicyclic) bond motifs is 1. The zero-order valence-electron chi connectivity index (χ0n) is 15.7. The third-order valence-electron chi connectivity index (χ3n) is 4.81. The standard InChI is InChI=1S/C24H18O4S/c1-28-16-11-13-17(14-12-16)29-24(15-7-3-2-4-8-15)20-21(25)18-9-5-6-10-19(18)22(26)23(20)27/h2-14,24-25H,1H3. The summed E-state index contributed by atoms with van der Waals surface area (Å²) in [7, 11) is 1.60. The van der Waals surface area contributed by atoms with Gasteiger partial charge in [-0.2, -0.15) is 0 Å². The first-order valence-corrected chi connectivity index (χ1v) is 9.95. The summed E-state index contributed by atoms with van der Waals surface area (Å²) in [6, 6.07) is 23.5. The molecule has 1 aliphatic carbocycles. The van der Waals surface area contributed by atoms with Crippen molar-refractivity contribution in [3.8, 4) is 5.75 Å². The zero-order chi connectivity index (χ0) is 20.4. The molecule has 1 atom stereocenters. The number of hydrogen-bond donors (Lipinski definition) is 1. The van der Waals surface area contributed by atoms with Gasteiger partial charge in [0.15, 0.2) is 0 Å². The van der Waals surface area contributed by atoms with E-state index in [1.165, 1.54) is 11.8 Å². The van der Waals surface area contributed by atoms with Gasteiger partial charge in [-0.25, -0.2) is 0 Å². The first-order chi connectivity index (χ1) is 14.1. The summed E-state index contributed by atoms with van der Waals surface area (Å²) >= 11 is 1.41. The second-order valence-electron chi connectivity index (χ2n) is 6.55. The highest BCUT2D eigenvalue weighted by molar-refractivity contribution is 7.99. The molecule has 144 valence electrons. The van der Waals surface area contributed by atoms with E-state index >= 15 is 0 Å². The van der Waals surface area contributed by atoms with Crippen molar-refractivity contribution in [3.05, 3.63) is 101 Å². The molecule has 29 heavy (non-hydrogen) atoms. The number of carbonyl (C=O) groups is 2. The first kappa shape index (κ1) is 19.0. The molecule has 4 rings (SSSR count). The highest BCUT2D eigenvalue weighted by Crippen LogP contribution is 2.45. The summed E-state index contributed by atoms with van der Waals surface area (Å²) in [5.74, 6) is -0.675. The predicted octanol–water partition coefficient (Wildman–Crippen LogP) is 5.26. The van der Waals surface area contributed by atoms with E-state index in [4.69, 9.17) is 4.74 Å². The lowest BCUT2D eigenvalue weighted by Crippen LogP contribution is -2.26. The van der Waals surface area contributed by atoms with Gasteiger partial charge in [-0.1, -0.05) is 54.6 Å². The third kappa shape index (κ3) is 3.57. The normalized spacial score (nSPS) is 14.5. The predicted molar refractivity (Wildman–Crippen MR) is 113 cm³/mol. The molecule has 0 saturated heterocycles. The highest BCUT2D eigenvalue weighted by Gasteiger charge is 2.37. The number of thioether (sulfide) groups is 1. The van der Waals surface area contributed by atoms with Crippen LogP contribution in [0.15, 0.2) is 89.3 Å². The van der Waals surface area contributed by atoms with Gasteiger partial charge in [0.05, 0.1) is 17.9 Å². The number of rotatable bonds is 5. The molecule has 1 unspecified atom stereocenters. The Balaban J connectivity index is 1.84. The number of methoxy groups -OCH3 is 1. The Morgan fingerprint density at radius 2 is 1.41 bits per heavy atom. The smallest absolute Gasteiger partial charge is 0.234 e. The second kappa shape index (κ2) is 7.97. The van der Waals surface area contributed by atoms with Crippen molar-refractivity contribution >= 4 is 29.1 Å². The van der Waals surface area contributed by atoms with Crippen molar-refractivity contribution in [1.82, 2.24) is 0 Å². The Hall–Kier alpha value is -3.31. The monoisotopic (exact) mass is 402 g/mol. The van der Waals surface area contributed by atoms with E-state index in [1.54, 1.807) is 31.4 Å². The Kier molecular flexibility index (Phi) is 5.23. The summed E-state index contributed by atoms with van der Waals surface area (Å²) in [5.41, 5.74) is 1.57. The van der Waals surface area contributed by atoms with Crippen LogP contribution in [0, 0.1) is 0 Å². The minimum absolute atomic E-state index is 0.112. The average molecular weight is 402 g/mol. The number of aliphatic hydroxyl groups excluding tert-OH is 1. The molecule has 1 aliphatic rings. The number of ketones is 2. The van der Waals surface area contributed by atoms with Gasteiger partial charge in [0.25, 0.3) is 0 Å². The van der Waals surface area contributed by atoms with Crippen molar-refractivity contribution in [1.29, 1.82) is 0 Å². The molecule has 5 heteroatoms. The van der Waals surface area contributed by atoms with E-state index in [-0.39, 0.29) is 16.9 Å². The highest BCUT2D eigenvalue weighted by atomic mass is 32.2. The van der Waals surface area contributed by atoms with Gasteiger partial charge in [0, 0.05) is 16.0 Å². The van der Waals surface area contributed by atoms with Crippen LogP contribution < -0.4 is 4.74 Å². The summed E-state index contributed by atoms with van der Waals surface area (Å²) in [5, 5.41) is 10.4. The molecule has 0 saturated carbocycles. The maximum absolute atomic E-state index is 13.0. The van der Waals surface area contributed by atoms with Crippen LogP contribution >= 0.6 is 11.8 Å². The van der Waals surface area contributed by atoms with Crippen LogP contribution in [-0.4, -0.2) is 23.8 Å². The summed E-state index contributed by atoms with van der Waals surface area (Å²) in [6.45, 7) is 0. The van der Waals surface area contributed by atoms with Crippen molar-refractivity contribution < 1.29 is 19.4 Å². The summed E-state index contributed by atoms with van der Waals surface area (Å²) < 4.78 is 5.21. The minimum Gasteiger partial charge on any atom is -0.507 e. The average Bonchev–Trinajstić information content (AvgIpc) is 2.78. The molecule has 4 nitrogen and oxygen atoms in total. The molecule has 3 aromatic carbocycles. The fraction of sp³-hybridized carbons (Fsp3) is 0.0833. The third-order valence-corrected chi connectivity index (χ3v) is 6.10. The van der Waals surface area contributed by atoms with Crippen molar-refractivity contribution in [2.45, 2.75) is 10.1 Å². The van der Waals surface area contributed by atoms with E-state index in [1.807, 2.05) is 54.6 Å². The van der Waals surface area contributed by atoms with Gasteiger partial charge in [-0.3, -0.25) is 9.59 Å².